The first-order valence-electron chi connectivity index (χ1n) is 8.58. The summed E-state index contributed by atoms with van der Waals surface area (Å²) in [5, 5.41) is 3.08. The number of hydrogen-bond acceptors (Lipinski definition) is 5. The van der Waals surface area contributed by atoms with Crippen molar-refractivity contribution in [1.29, 1.82) is 0 Å². The first kappa shape index (κ1) is 20.2. The van der Waals surface area contributed by atoms with E-state index in [1.165, 1.54) is 0 Å². The smallest absolute Gasteiger partial charge is 0.239 e. The Bertz CT molecular complexity index is 582. The van der Waals surface area contributed by atoms with Crippen LogP contribution >= 0.6 is 15.9 Å². The number of nitrogens with zero attached hydrogens (tertiary/aromatic N) is 1. The van der Waals surface area contributed by atoms with E-state index in [0.717, 1.165) is 11.3 Å². The van der Waals surface area contributed by atoms with E-state index in [1.807, 2.05) is 32.3 Å². The number of benzene rings is 1. The Balaban J connectivity index is 2.00. The molecule has 1 aliphatic heterocycles. The van der Waals surface area contributed by atoms with Gasteiger partial charge in [-0.1, -0.05) is 41.9 Å². The largest absolute Gasteiger partial charge is 0.497 e. The average molecular weight is 413 g/mol. The van der Waals surface area contributed by atoms with Crippen LogP contribution in [-0.4, -0.2) is 55.5 Å². The Labute approximate surface area is 158 Å². The Hall–Kier alpha value is -1.15. The fourth-order valence-corrected chi connectivity index (χ4v) is 4.17. The maximum absolute atomic E-state index is 12.6. The number of hydrazine groups is 1. The third kappa shape index (κ3) is 4.94. The molecule has 0 saturated carbocycles. The first-order chi connectivity index (χ1) is 11.8. The lowest BCUT2D eigenvalue weighted by atomic mass is 9.99. The highest BCUT2D eigenvalue weighted by molar-refractivity contribution is 9.09. The summed E-state index contributed by atoms with van der Waals surface area (Å²) >= 11 is 3.66. The number of ether oxygens (including phenoxy) is 1. The third-order valence-electron chi connectivity index (χ3n) is 4.64. The van der Waals surface area contributed by atoms with Crippen molar-refractivity contribution in [2.24, 2.45) is 5.92 Å². The van der Waals surface area contributed by atoms with E-state index in [0.29, 0.717) is 12.5 Å². The molecule has 140 valence electrons. The molecule has 1 saturated heterocycles. The van der Waals surface area contributed by atoms with Gasteiger partial charge in [0.05, 0.1) is 18.0 Å². The van der Waals surface area contributed by atoms with Crippen LogP contribution in [0.2, 0.25) is 0 Å². The molecule has 0 radical (unpaired) electrons. The van der Waals surface area contributed by atoms with Gasteiger partial charge in [-0.3, -0.25) is 10.2 Å². The molecule has 7 heteroatoms. The lowest BCUT2D eigenvalue weighted by Gasteiger charge is -2.26. The molecule has 4 atom stereocenters. The second kappa shape index (κ2) is 8.98. The van der Waals surface area contributed by atoms with E-state index in [1.54, 1.807) is 7.11 Å². The molecule has 1 aromatic rings. The summed E-state index contributed by atoms with van der Waals surface area (Å²) in [7, 11) is 5.67. The van der Waals surface area contributed by atoms with Gasteiger partial charge in [-0.05, 0) is 37.7 Å². The normalized spacial score (nSPS) is 24.6. The third-order valence-corrected chi connectivity index (χ3v) is 5.74. The Morgan fingerprint density at radius 2 is 2.08 bits per heavy atom. The number of rotatable bonds is 7. The van der Waals surface area contributed by atoms with Gasteiger partial charge in [0, 0.05) is 12.6 Å². The number of halogens is 1. The summed E-state index contributed by atoms with van der Waals surface area (Å²) in [4.78, 5) is 14.8. The van der Waals surface area contributed by atoms with Crippen molar-refractivity contribution < 1.29 is 9.53 Å². The van der Waals surface area contributed by atoms with Crippen LogP contribution in [0.1, 0.15) is 25.5 Å². The summed E-state index contributed by atoms with van der Waals surface area (Å²) < 4.78 is 5.31. The van der Waals surface area contributed by atoms with Crippen LogP contribution < -0.4 is 20.9 Å². The first-order valence-corrected chi connectivity index (χ1v) is 9.50. The molecule has 1 fully saturated rings. The van der Waals surface area contributed by atoms with Crippen molar-refractivity contribution in [2.45, 2.75) is 36.8 Å². The molecular formula is C18H29BrN4O2. The number of hydrogen-bond donors (Lipinski definition) is 3. The quantitative estimate of drug-likeness (QED) is 0.594. The predicted octanol–water partition coefficient (Wildman–Crippen LogP) is 1.68. The van der Waals surface area contributed by atoms with Crippen LogP contribution in [0.3, 0.4) is 0 Å². The average Bonchev–Trinajstić information content (AvgIpc) is 2.96. The lowest BCUT2D eigenvalue weighted by Crippen LogP contribution is -2.47. The standard InChI is InChI=1S/C18H29BrN4O2/c1-11(2)16-15(19)17(22-21-16)18(24)20-10-14(23(3)4)12-7-6-8-13(9-12)25-5/h6-9,11,14-17,21-22H,10H2,1-5H3,(H,20,24). The van der Waals surface area contributed by atoms with Crippen LogP contribution in [0, 0.1) is 5.92 Å². The van der Waals surface area contributed by atoms with Crippen LogP contribution in [-0.2, 0) is 4.79 Å². The van der Waals surface area contributed by atoms with E-state index in [-0.39, 0.29) is 28.9 Å². The number of likely N-dealkylation sites (N-methyl/N-ethyl adjacent to an activating group) is 1. The van der Waals surface area contributed by atoms with E-state index >= 15 is 0 Å². The molecule has 0 spiro atoms. The van der Waals surface area contributed by atoms with E-state index < -0.39 is 0 Å². The van der Waals surface area contributed by atoms with Crippen molar-refractivity contribution in [3.63, 3.8) is 0 Å². The molecule has 6 nitrogen and oxygen atoms in total. The van der Waals surface area contributed by atoms with E-state index in [2.05, 4.69) is 56.9 Å². The zero-order valence-electron chi connectivity index (χ0n) is 15.5. The molecule has 1 heterocycles. The Morgan fingerprint density at radius 1 is 1.36 bits per heavy atom. The molecule has 1 aromatic carbocycles. The molecule has 1 amide bonds. The highest BCUT2D eigenvalue weighted by atomic mass is 79.9. The zero-order chi connectivity index (χ0) is 18.6. The molecule has 2 rings (SSSR count). The number of alkyl halides is 1. The monoisotopic (exact) mass is 412 g/mol. The lowest BCUT2D eigenvalue weighted by molar-refractivity contribution is -0.122. The van der Waals surface area contributed by atoms with E-state index in [4.69, 9.17) is 4.74 Å². The summed E-state index contributed by atoms with van der Waals surface area (Å²) in [6.45, 7) is 4.81. The minimum atomic E-state index is -0.291. The van der Waals surface area contributed by atoms with Gasteiger partial charge in [0.25, 0.3) is 0 Å². The summed E-state index contributed by atoms with van der Waals surface area (Å²) in [6.07, 6.45) is 0. The van der Waals surface area contributed by atoms with Gasteiger partial charge < -0.3 is 15.0 Å². The Morgan fingerprint density at radius 3 is 2.64 bits per heavy atom. The van der Waals surface area contributed by atoms with Gasteiger partial charge in [-0.25, -0.2) is 5.43 Å². The van der Waals surface area contributed by atoms with Crippen LogP contribution in [0.25, 0.3) is 0 Å². The maximum Gasteiger partial charge on any atom is 0.239 e. The minimum Gasteiger partial charge on any atom is -0.497 e. The molecule has 25 heavy (non-hydrogen) atoms. The molecule has 3 N–H and O–H groups in total. The maximum atomic E-state index is 12.6. The second-order valence-corrected chi connectivity index (χ2v) is 8.04. The van der Waals surface area contributed by atoms with Gasteiger partial charge in [-0.2, -0.15) is 0 Å². The number of carbonyl (C=O) groups excluding carboxylic acids is 1. The fourth-order valence-electron chi connectivity index (χ4n) is 3.05. The highest BCUT2D eigenvalue weighted by Gasteiger charge is 2.39. The topological polar surface area (TPSA) is 65.6 Å². The van der Waals surface area contributed by atoms with Crippen molar-refractivity contribution in [3.05, 3.63) is 29.8 Å². The highest BCUT2D eigenvalue weighted by Crippen LogP contribution is 2.24. The van der Waals surface area contributed by atoms with Gasteiger partial charge in [0.2, 0.25) is 5.91 Å². The summed E-state index contributed by atoms with van der Waals surface area (Å²) in [5.74, 6) is 1.24. The SMILES string of the molecule is COc1cccc(C(CNC(=O)C2NNC(C(C)C)C2Br)N(C)C)c1. The second-order valence-electron chi connectivity index (χ2n) is 6.98. The van der Waals surface area contributed by atoms with Crippen molar-refractivity contribution in [2.75, 3.05) is 27.7 Å². The fraction of sp³-hybridized carbons (Fsp3) is 0.611. The van der Waals surface area contributed by atoms with Gasteiger partial charge in [0.15, 0.2) is 0 Å². The Kier molecular flexibility index (Phi) is 7.25. The molecule has 1 aliphatic rings. The number of amides is 1. The zero-order valence-corrected chi connectivity index (χ0v) is 17.1. The predicted molar refractivity (Wildman–Crippen MR) is 104 cm³/mol. The van der Waals surface area contributed by atoms with Crippen LogP contribution in [0.5, 0.6) is 5.75 Å². The van der Waals surface area contributed by atoms with E-state index in [9.17, 15) is 4.79 Å². The molecule has 0 aliphatic carbocycles. The number of carbonyl (C=O) groups is 1. The van der Waals surface area contributed by atoms with Crippen LogP contribution in [0.15, 0.2) is 24.3 Å². The van der Waals surface area contributed by atoms with Gasteiger partial charge >= 0.3 is 0 Å². The number of methoxy groups -OCH3 is 1. The molecule has 0 aromatic heterocycles. The van der Waals surface area contributed by atoms with Crippen molar-refractivity contribution in [1.82, 2.24) is 21.1 Å². The van der Waals surface area contributed by atoms with Crippen molar-refractivity contribution in [3.8, 4) is 5.75 Å². The summed E-state index contributed by atoms with van der Waals surface area (Å²) in [5.41, 5.74) is 7.42. The minimum absolute atomic E-state index is 0.00716. The summed E-state index contributed by atoms with van der Waals surface area (Å²) in [6, 6.07) is 7.95. The van der Waals surface area contributed by atoms with Crippen LogP contribution in [0.4, 0.5) is 0 Å². The van der Waals surface area contributed by atoms with Crippen molar-refractivity contribution >= 4 is 21.8 Å². The molecule has 4 unspecified atom stereocenters. The van der Waals surface area contributed by atoms with Gasteiger partial charge in [-0.15, -0.1) is 0 Å². The van der Waals surface area contributed by atoms with Gasteiger partial charge in [0.1, 0.15) is 11.8 Å². The number of nitrogens with one attached hydrogen (secondary N) is 3. The molecular weight excluding hydrogens is 384 g/mol. The molecule has 0 bridgehead atoms.